The van der Waals surface area contributed by atoms with E-state index in [4.69, 9.17) is 30.0 Å². The fraction of sp³-hybridized carbons (Fsp3) is 0.750. The molecular formula is C4H10Cl3Ge. The van der Waals surface area contributed by atoms with Crippen molar-refractivity contribution in [3.63, 3.8) is 0 Å². The summed E-state index contributed by atoms with van der Waals surface area (Å²) >= 11 is -2.06. The zero-order valence-electron chi connectivity index (χ0n) is 5.00. The first kappa shape index (κ1) is 12.1. The maximum absolute atomic E-state index is 4.99. The normalized spacial score (nSPS) is 9.00. The molecule has 0 nitrogen and oxygen atoms in total. The number of hydrogen-bond acceptors (Lipinski definition) is 0. The van der Waals surface area contributed by atoms with Gasteiger partial charge in [-0.15, -0.1) is 0 Å². The van der Waals surface area contributed by atoms with E-state index < -0.39 is 11.6 Å². The van der Waals surface area contributed by atoms with Gasteiger partial charge < -0.3 is 0 Å². The molecule has 0 rings (SSSR count). The first-order valence-electron chi connectivity index (χ1n) is 2.22. The zero-order valence-corrected chi connectivity index (χ0v) is 9.69. The van der Waals surface area contributed by atoms with Gasteiger partial charge >= 0.3 is 41.6 Å². The molecule has 0 saturated heterocycles. The Labute approximate surface area is 68.2 Å². The van der Waals surface area contributed by atoms with Gasteiger partial charge in [0.25, 0.3) is 0 Å². The standard InChI is InChI=1S/C4H9.Cl3GeH/c2*1-4(2)3/h4H,1H2,2-3H3;4H. The molecule has 0 saturated carbocycles. The van der Waals surface area contributed by atoms with E-state index in [0.717, 1.165) is 0 Å². The van der Waals surface area contributed by atoms with Crippen LogP contribution >= 0.6 is 30.0 Å². The van der Waals surface area contributed by atoms with E-state index in [1.807, 2.05) is 0 Å². The van der Waals surface area contributed by atoms with Crippen molar-refractivity contribution in [2.24, 2.45) is 5.92 Å². The third kappa shape index (κ3) is 153. The van der Waals surface area contributed by atoms with Gasteiger partial charge in [0.2, 0.25) is 0 Å². The summed E-state index contributed by atoms with van der Waals surface area (Å²) in [5, 5.41) is 0. The van der Waals surface area contributed by atoms with Gasteiger partial charge in [0.05, 0.1) is 0 Å². The van der Waals surface area contributed by atoms with Crippen LogP contribution in [0, 0.1) is 12.8 Å². The van der Waals surface area contributed by atoms with Crippen molar-refractivity contribution < 1.29 is 0 Å². The second-order valence-corrected chi connectivity index (χ2v) is 13.0. The van der Waals surface area contributed by atoms with Crippen molar-refractivity contribution in [2.45, 2.75) is 13.8 Å². The molecule has 0 fully saturated rings. The molecule has 0 aromatic heterocycles. The summed E-state index contributed by atoms with van der Waals surface area (Å²) in [4.78, 5) is 0. The Morgan fingerprint density at radius 3 is 1.25 bits per heavy atom. The van der Waals surface area contributed by atoms with Crippen LogP contribution in [0.25, 0.3) is 0 Å². The molecule has 0 aromatic rings. The van der Waals surface area contributed by atoms with E-state index in [0.29, 0.717) is 5.92 Å². The minimum absolute atomic E-state index is 0.583. The van der Waals surface area contributed by atoms with Crippen molar-refractivity contribution in [1.82, 2.24) is 0 Å². The molecule has 0 unspecified atom stereocenters. The van der Waals surface area contributed by atoms with Gasteiger partial charge in [-0.3, -0.25) is 0 Å². The van der Waals surface area contributed by atoms with Crippen molar-refractivity contribution in [3.05, 3.63) is 6.92 Å². The van der Waals surface area contributed by atoms with Gasteiger partial charge in [0.1, 0.15) is 0 Å². The van der Waals surface area contributed by atoms with Gasteiger partial charge in [-0.1, -0.05) is 20.8 Å². The fourth-order valence-electron chi connectivity index (χ4n) is 0. The average Bonchev–Trinajstić information content (AvgIpc) is 1.25. The molecule has 0 heterocycles. The van der Waals surface area contributed by atoms with E-state index in [9.17, 15) is 0 Å². The van der Waals surface area contributed by atoms with E-state index in [2.05, 4.69) is 20.8 Å². The molecule has 0 bridgehead atoms. The monoisotopic (exact) mass is 237 g/mol. The summed E-state index contributed by atoms with van der Waals surface area (Å²) in [7, 11) is 15.0. The Bertz CT molecular complexity index is 26.8. The van der Waals surface area contributed by atoms with Crippen LogP contribution in [-0.2, 0) is 0 Å². The molecule has 0 atom stereocenters. The van der Waals surface area contributed by atoms with Gasteiger partial charge in [0.15, 0.2) is 0 Å². The second kappa shape index (κ2) is 8.41. The SMILES string of the molecule is [CH2]C(C)C.[Cl][GeH]([Cl])[Cl]. The Morgan fingerprint density at radius 1 is 1.25 bits per heavy atom. The van der Waals surface area contributed by atoms with Crippen LogP contribution in [0.15, 0.2) is 0 Å². The van der Waals surface area contributed by atoms with Crippen LogP contribution in [0.1, 0.15) is 13.8 Å². The predicted octanol–water partition coefficient (Wildman–Crippen LogP) is 2.90. The molecule has 8 heavy (non-hydrogen) atoms. The molecule has 0 aliphatic rings. The fourth-order valence-corrected chi connectivity index (χ4v) is 0. The maximum atomic E-state index is 4.99. The van der Waals surface area contributed by atoms with Gasteiger partial charge in [0, 0.05) is 0 Å². The molecule has 51 valence electrons. The van der Waals surface area contributed by atoms with E-state index in [-0.39, 0.29) is 0 Å². The van der Waals surface area contributed by atoms with Gasteiger partial charge in [-0.25, -0.2) is 0 Å². The molecule has 0 aliphatic carbocycles. The first-order chi connectivity index (χ1) is 3.46. The summed E-state index contributed by atoms with van der Waals surface area (Å²) in [5.74, 6) is 0.583. The molecule has 4 heteroatoms. The summed E-state index contributed by atoms with van der Waals surface area (Å²) in [6.07, 6.45) is 0. The van der Waals surface area contributed by atoms with Crippen LogP contribution in [0.2, 0.25) is 0 Å². The topological polar surface area (TPSA) is 0 Å². The Morgan fingerprint density at radius 2 is 1.25 bits per heavy atom. The molecule has 0 aromatic carbocycles. The van der Waals surface area contributed by atoms with E-state index in [1.54, 1.807) is 0 Å². The Hall–Kier alpha value is 1.41. The van der Waals surface area contributed by atoms with E-state index >= 15 is 0 Å². The van der Waals surface area contributed by atoms with E-state index in [1.165, 1.54) is 0 Å². The molecular weight excluding hydrogens is 227 g/mol. The average molecular weight is 237 g/mol. The summed E-state index contributed by atoms with van der Waals surface area (Å²) in [6.45, 7) is 7.75. The number of halogens is 3. The summed E-state index contributed by atoms with van der Waals surface area (Å²) in [6, 6.07) is 0. The zero-order chi connectivity index (χ0) is 7.15. The first-order valence-corrected chi connectivity index (χ1v) is 11.8. The number of hydrogen-bond donors (Lipinski definition) is 0. The third-order valence-electron chi connectivity index (χ3n) is 0. The molecule has 1 radical (unpaired) electrons. The van der Waals surface area contributed by atoms with Crippen LogP contribution < -0.4 is 0 Å². The third-order valence-corrected chi connectivity index (χ3v) is 0. The van der Waals surface area contributed by atoms with Crippen LogP contribution in [0.3, 0.4) is 0 Å². The summed E-state index contributed by atoms with van der Waals surface area (Å²) < 4.78 is 0. The molecule has 0 spiro atoms. The molecule has 0 N–H and O–H groups in total. The quantitative estimate of drug-likeness (QED) is 0.568. The summed E-state index contributed by atoms with van der Waals surface area (Å²) in [5.41, 5.74) is 0. The molecule has 0 amide bonds. The van der Waals surface area contributed by atoms with Crippen LogP contribution in [-0.4, -0.2) is 11.6 Å². The predicted molar refractivity (Wildman–Crippen MR) is 44.9 cm³/mol. The van der Waals surface area contributed by atoms with Crippen molar-refractivity contribution in [2.75, 3.05) is 0 Å². The Kier molecular flexibility index (Phi) is 12.7. The van der Waals surface area contributed by atoms with Crippen LogP contribution in [0.5, 0.6) is 0 Å². The Balaban J connectivity index is 0. The molecule has 0 aliphatic heterocycles. The van der Waals surface area contributed by atoms with Crippen molar-refractivity contribution in [1.29, 1.82) is 0 Å². The number of rotatable bonds is 0. The van der Waals surface area contributed by atoms with Gasteiger partial charge in [-0.2, -0.15) is 0 Å². The second-order valence-electron chi connectivity index (χ2n) is 1.64. The van der Waals surface area contributed by atoms with Gasteiger partial charge in [-0.05, 0) is 5.92 Å². The minimum atomic E-state index is -2.06. The van der Waals surface area contributed by atoms with Crippen molar-refractivity contribution >= 4 is 41.6 Å². The van der Waals surface area contributed by atoms with Crippen LogP contribution in [0.4, 0.5) is 0 Å². The van der Waals surface area contributed by atoms with Crippen molar-refractivity contribution in [3.8, 4) is 0 Å².